The van der Waals surface area contributed by atoms with Crippen LogP contribution >= 0.6 is 0 Å². The quantitative estimate of drug-likeness (QED) is 0.312. The molecule has 35 heavy (non-hydrogen) atoms. The van der Waals surface area contributed by atoms with Gasteiger partial charge in [0.2, 0.25) is 22.5 Å². The molecule has 0 spiro atoms. The summed E-state index contributed by atoms with van der Waals surface area (Å²) in [5.74, 6) is 0. The topological polar surface area (TPSA) is 51.8 Å². The maximum atomic E-state index is 13.2. The molecule has 3 aromatic carbocycles. The van der Waals surface area contributed by atoms with Crippen molar-refractivity contribution in [2.24, 2.45) is 0 Å². The molecule has 6 nitrogen and oxygen atoms in total. The van der Waals surface area contributed by atoms with Crippen LogP contribution in [0.5, 0.6) is 0 Å². The third-order valence-electron chi connectivity index (χ3n) is 6.41. The summed E-state index contributed by atoms with van der Waals surface area (Å²) >= 11 is 0. The Kier molecular flexibility index (Phi) is 5.34. The van der Waals surface area contributed by atoms with E-state index >= 15 is 0 Å². The molecular formula is C28H26N4O2S+2. The first-order chi connectivity index (χ1) is 17.0. The molecule has 3 aliphatic heterocycles. The molecule has 10 bridgehead atoms. The summed E-state index contributed by atoms with van der Waals surface area (Å²) in [5.41, 5.74) is 4.60. The number of benzene rings is 3. The van der Waals surface area contributed by atoms with Crippen molar-refractivity contribution in [3.8, 4) is 0 Å². The molecule has 8 rings (SSSR count). The number of hydrogen-bond acceptors (Lipinski definition) is 2. The largest absolute Gasteiger partial charge is 0.244 e. The van der Waals surface area contributed by atoms with E-state index in [0.29, 0.717) is 22.9 Å². The molecule has 5 aromatic rings. The molecule has 0 saturated heterocycles. The smallest absolute Gasteiger partial charge is 0.233 e. The van der Waals surface area contributed by atoms with Crippen LogP contribution in [0.2, 0.25) is 0 Å². The Balaban J connectivity index is 1.39. The molecule has 5 heterocycles. The molecule has 0 aliphatic carbocycles. The number of imidazole rings is 2. The van der Waals surface area contributed by atoms with Crippen LogP contribution in [0.3, 0.4) is 0 Å². The highest BCUT2D eigenvalue weighted by molar-refractivity contribution is 7.91. The lowest BCUT2D eigenvalue weighted by Crippen LogP contribution is -2.33. The van der Waals surface area contributed by atoms with Gasteiger partial charge in [0.25, 0.3) is 0 Å². The van der Waals surface area contributed by atoms with Crippen molar-refractivity contribution in [2.45, 2.75) is 36.0 Å². The maximum Gasteiger partial charge on any atom is 0.244 e. The second-order valence-electron chi connectivity index (χ2n) is 9.13. The van der Waals surface area contributed by atoms with Gasteiger partial charge in [0.05, 0.1) is 9.79 Å². The van der Waals surface area contributed by atoms with Crippen molar-refractivity contribution < 1.29 is 17.6 Å². The van der Waals surface area contributed by atoms with Gasteiger partial charge in [-0.25, -0.2) is 26.7 Å². The molecule has 7 heteroatoms. The summed E-state index contributed by atoms with van der Waals surface area (Å²) in [6.07, 6.45) is 12.4. The normalized spacial score (nSPS) is 14.9. The molecule has 0 N–H and O–H groups in total. The summed E-state index contributed by atoms with van der Waals surface area (Å²) in [6, 6.07) is 23.1. The fourth-order valence-corrected chi connectivity index (χ4v) is 5.87. The van der Waals surface area contributed by atoms with Gasteiger partial charge in [-0.15, -0.1) is 0 Å². The first kappa shape index (κ1) is 21.6. The van der Waals surface area contributed by atoms with Crippen molar-refractivity contribution in [1.82, 2.24) is 9.13 Å². The third-order valence-corrected chi connectivity index (χ3v) is 8.20. The zero-order valence-corrected chi connectivity index (χ0v) is 20.1. The standard InChI is InChI=1S/C28H26N4O2S/c33-35(34)27-8-4-23(5-9-27)17-29-12-14-31(21-29)19-25-2-1-3-26(16-25)20-32-15-13-30(22-32)18-24-6-10-28(35)11-7-24/h1-16,21-22H,17-20H2/q+2. The van der Waals surface area contributed by atoms with Crippen LogP contribution < -0.4 is 9.13 Å². The van der Waals surface area contributed by atoms with E-state index in [2.05, 4.69) is 67.6 Å². The van der Waals surface area contributed by atoms with Crippen molar-refractivity contribution in [2.75, 3.05) is 0 Å². The van der Waals surface area contributed by atoms with Crippen molar-refractivity contribution in [1.29, 1.82) is 0 Å². The zero-order valence-electron chi connectivity index (χ0n) is 19.2. The highest BCUT2D eigenvalue weighted by Gasteiger charge is 2.18. The number of rotatable bonds is 0. The Morgan fingerprint density at radius 2 is 1.06 bits per heavy atom. The van der Waals surface area contributed by atoms with Gasteiger partial charge in [-0.3, -0.25) is 0 Å². The Morgan fingerprint density at radius 1 is 0.600 bits per heavy atom. The van der Waals surface area contributed by atoms with E-state index in [1.165, 1.54) is 11.1 Å². The minimum Gasteiger partial charge on any atom is -0.233 e. The number of sulfone groups is 1. The highest BCUT2D eigenvalue weighted by atomic mass is 32.2. The summed E-state index contributed by atoms with van der Waals surface area (Å²) in [5, 5.41) is 0. The van der Waals surface area contributed by atoms with Gasteiger partial charge in [0.15, 0.2) is 0 Å². The molecule has 0 unspecified atom stereocenters. The van der Waals surface area contributed by atoms with Gasteiger partial charge >= 0.3 is 0 Å². The summed E-state index contributed by atoms with van der Waals surface area (Å²) < 4.78 is 34.9. The maximum absolute atomic E-state index is 13.2. The van der Waals surface area contributed by atoms with E-state index in [9.17, 15) is 8.42 Å². The van der Waals surface area contributed by atoms with Gasteiger partial charge in [-0.05, 0) is 52.6 Å². The molecule has 3 aliphatic rings. The number of hydrogen-bond donors (Lipinski definition) is 0. The average molecular weight is 483 g/mol. The van der Waals surface area contributed by atoms with E-state index in [1.54, 1.807) is 24.3 Å². The van der Waals surface area contributed by atoms with Crippen molar-refractivity contribution in [3.05, 3.63) is 132 Å². The second-order valence-corrected chi connectivity index (χ2v) is 11.1. The number of nitrogens with zero attached hydrogens (tertiary/aromatic N) is 4. The number of aromatic nitrogens is 4. The average Bonchev–Trinajstić information content (AvgIpc) is 3.48. The van der Waals surface area contributed by atoms with Crippen molar-refractivity contribution in [3.63, 3.8) is 0 Å². The van der Waals surface area contributed by atoms with Crippen LogP contribution in [-0.2, 0) is 36.0 Å². The predicted octanol–water partition coefficient (Wildman–Crippen LogP) is 3.20. The molecule has 0 amide bonds. The van der Waals surface area contributed by atoms with E-state index in [-0.39, 0.29) is 0 Å². The Morgan fingerprint density at radius 3 is 1.51 bits per heavy atom. The van der Waals surface area contributed by atoms with Gasteiger partial charge < -0.3 is 0 Å². The van der Waals surface area contributed by atoms with Crippen LogP contribution in [0.15, 0.2) is 120 Å². The van der Waals surface area contributed by atoms with E-state index in [0.717, 1.165) is 24.2 Å². The van der Waals surface area contributed by atoms with Crippen LogP contribution in [-0.4, -0.2) is 17.6 Å². The van der Waals surface area contributed by atoms with Gasteiger partial charge in [-0.1, -0.05) is 42.5 Å². The lowest BCUT2D eigenvalue weighted by molar-refractivity contribution is -0.688. The first-order valence-corrected chi connectivity index (χ1v) is 13.1. The Bertz CT molecular complexity index is 1490. The second kappa shape index (κ2) is 8.67. The van der Waals surface area contributed by atoms with E-state index in [4.69, 9.17) is 0 Å². The predicted molar refractivity (Wildman–Crippen MR) is 130 cm³/mol. The van der Waals surface area contributed by atoms with Gasteiger partial charge in [-0.2, -0.15) is 0 Å². The van der Waals surface area contributed by atoms with Crippen LogP contribution in [0.4, 0.5) is 0 Å². The lowest BCUT2D eigenvalue weighted by atomic mass is 10.1. The Hall–Kier alpha value is -3.97. The highest BCUT2D eigenvalue weighted by Crippen LogP contribution is 2.22. The Labute approximate surface area is 204 Å². The van der Waals surface area contributed by atoms with Gasteiger partial charge in [0.1, 0.15) is 51.0 Å². The first-order valence-electron chi connectivity index (χ1n) is 11.6. The monoisotopic (exact) mass is 482 g/mol. The third kappa shape index (κ3) is 4.55. The number of fused-ring (bicyclic) bond motifs is 2. The fraction of sp³-hybridized carbons (Fsp3) is 0.143. The molecule has 174 valence electrons. The van der Waals surface area contributed by atoms with Crippen LogP contribution in [0.1, 0.15) is 22.3 Å². The molecular weight excluding hydrogens is 456 g/mol. The van der Waals surface area contributed by atoms with E-state index in [1.807, 2.05) is 36.7 Å². The molecule has 0 fully saturated rings. The van der Waals surface area contributed by atoms with Crippen LogP contribution in [0.25, 0.3) is 0 Å². The summed E-state index contributed by atoms with van der Waals surface area (Å²) in [7, 11) is -3.56. The van der Waals surface area contributed by atoms with E-state index < -0.39 is 9.84 Å². The lowest BCUT2D eigenvalue weighted by Gasteiger charge is -2.07. The molecule has 0 atom stereocenters. The van der Waals surface area contributed by atoms with Gasteiger partial charge in [0, 0.05) is 0 Å². The van der Waals surface area contributed by atoms with Crippen molar-refractivity contribution >= 4 is 9.84 Å². The molecule has 0 saturated carbocycles. The van der Waals surface area contributed by atoms with Crippen LogP contribution in [0, 0.1) is 0 Å². The molecule has 2 aromatic heterocycles. The zero-order chi connectivity index (χ0) is 23.8. The summed E-state index contributed by atoms with van der Waals surface area (Å²) in [6.45, 7) is 2.93. The minimum atomic E-state index is -3.56. The molecule has 0 radical (unpaired) electrons. The minimum absolute atomic E-state index is 0.310. The fourth-order valence-electron chi connectivity index (χ4n) is 4.61. The summed E-state index contributed by atoms with van der Waals surface area (Å²) in [4.78, 5) is 0.620. The SMILES string of the molecule is O=S1(=O)c2ccc(cc2)Cn2cc[n+](c2)Cc2cccc(c2)C[n+]2ccn(c2)Cc2ccc1cc2.